The van der Waals surface area contributed by atoms with E-state index in [0.29, 0.717) is 44.3 Å². The Hall–Kier alpha value is -1.25. The summed E-state index contributed by atoms with van der Waals surface area (Å²) in [6.45, 7) is 4.92. The molecule has 0 spiro atoms. The highest BCUT2D eigenvalue weighted by atomic mass is 32.2. The predicted molar refractivity (Wildman–Crippen MR) is 93.6 cm³/mol. The molecule has 8 heteroatoms. The lowest BCUT2D eigenvalue weighted by atomic mass is 10.0. The standard InChI is InChI=1S/C17H25F2N3O2S/c1-13-3-2-7-22(11-13)25(23,24)20-10-14-6-8-21(12-14)15-4-5-16(18)17(19)9-15/h4-5,9,13-14,20H,2-3,6-8,10-12H2,1H3/t13-,14+/m1/s1. The quantitative estimate of drug-likeness (QED) is 0.862. The first kappa shape index (κ1) is 18.5. The topological polar surface area (TPSA) is 52.7 Å². The Labute approximate surface area is 148 Å². The fraction of sp³-hybridized carbons (Fsp3) is 0.647. The van der Waals surface area contributed by atoms with E-state index in [1.54, 1.807) is 6.07 Å². The number of benzene rings is 1. The SMILES string of the molecule is C[C@@H]1CCCN(S(=O)(=O)NC[C@@H]2CCN(c3ccc(F)c(F)c3)C2)C1. The lowest BCUT2D eigenvalue weighted by molar-refractivity contribution is 0.277. The van der Waals surface area contributed by atoms with E-state index in [1.807, 2.05) is 4.90 Å². The van der Waals surface area contributed by atoms with Crippen molar-refractivity contribution in [1.29, 1.82) is 0 Å². The minimum atomic E-state index is -3.44. The summed E-state index contributed by atoms with van der Waals surface area (Å²) in [7, 11) is -3.44. The summed E-state index contributed by atoms with van der Waals surface area (Å²) in [4.78, 5) is 1.96. The second-order valence-electron chi connectivity index (χ2n) is 7.16. The van der Waals surface area contributed by atoms with Gasteiger partial charge in [-0.05, 0) is 43.2 Å². The van der Waals surface area contributed by atoms with Crippen LogP contribution < -0.4 is 9.62 Å². The Morgan fingerprint density at radius 2 is 1.96 bits per heavy atom. The van der Waals surface area contributed by atoms with Crippen LogP contribution in [0.4, 0.5) is 14.5 Å². The monoisotopic (exact) mass is 373 g/mol. The molecule has 0 saturated carbocycles. The van der Waals surface area contributed by atoms with Crippen LogP contribution in [0.25, 0.3) is 0 Å². The van der Waals surface area contributed by atoms with E-state index in [0.717, 1.165) is 25.3 Å². The molecule has 2 heterocycles. The first-order valence-electron chi connectivity index (χ1n) is 8.80. The molecule has 2 fully saturated rings. The zero-order chi connectivity index (χ0) is 18.0. The van der Waals surface area contributed by atoms with E-state index < -0.39 is 21.8 Å². The fourth-order valence-electron chi connectivity index (χ4n) is 3.59. The van der Waals surface area contributed by atoms with Crippen molar-refractivity contribution in [3.63, 3.8) is 0 Å². The summed E-state index contributed by atoms with van der Waals surface area (Å²) >= 11 is 0. The summed E-state index contributed by atoms with van der Waals surface area (Å²) in [6.07, 6.45) is 2.78. The van der Waals surface area contributed by atoms with Gasteiger partial charge >= 0.3 is 0 Å². The van der Waals surface area contributed by atoms with E-state index >= 15 is 0 Å². The third-order valence-corrected chi connectivity index (χ3v) is 6.61. The van der Waals surface area contributed by atoms with E-state index in [1.165, 1.54) is 10.4 Å². The molecule has 1 N–H and O–H groups in total. The fourth-order valence-corrected chi connectivity index (χ4v) is 5.04. The van der Waals surface area contributed by atoms with Gasteiger partial charge < -0.3 is 4.90 Å². The lowest BCUT2D eigenvalue weighted by Crippen LogP contribution is -2.46. The Kier molecular flexibility index (Phi) is 5.60. The van der Waals surface area contributed by atoms with Crippen molar-refractivity contribution in [2.45, 2.75) is 26.2 Å². The largest absolute Gasteiger partial charge is 0.371 e. The molecule has 0 radical (unpaired) electrons. The van der Waals surface area contributed by atoms with Gasteiger partial charge in [-0.2, -0.15) is 12.7 Å². The van der Waals surface area contributed by atoms with Crippen LogP contribution in [-0.4, -0.2) is 45.4 Å². The normalized spacial score (nSPS) is 25.5. The zero-order valence-electron chi connectivity index (χ0n) is 14.4. The molecule has 25 heavy (non-hydrogen) atoms. The third kappa shape index (κ3) is 4.48. The van der Waals surface area contributed by atoms with E-state index in [4.69, 9.17) is 0 Å². The molecule has 1 aromatic carbocycles. The first-order valence-corrected chi connectivity index (χ1v) is 10.2. The van der Waals surface area contributed by atoms with Gasteiger partial charge in [0.1, 0.15) is 0 Å². The van der Waals surface area contributed by atoms with Crippen LogP contribution in [0, 0.1) is 23.5 Å². The number of hydrogen-bond donors (Lipinski definition) is 1. The highest BCUT2D eigenvalue weighted by molar-refractivity contribution is 7.87. The van der Waals surface area contributed by atoms with Crippen LogP contribution in [-0.2, 0) is 10.2 Å². The van der Waals surface area contributed by atoms with E-state index in [2.05, 4.69) is 11.6 Å². The van der Waals surface area contributed by atoms with Crippen LogP contribution in [0.15, 0.2) is 18.2 Å². The van der Waals surface area contributed by atoms with Gasteiger partial charge in [-0.3, -0.25) is 0 Å². The minimum absolute atomic E-state index is 0.158. The Morgan fingerprint density at radius 1 is 1.16 bits per heavy atom. The predicted octanol–water partition coefficient (Wildman–Crippen LogP) is 2.36. The lowest BCUT2D eigenvalue weighted by Gasteiger charge is -2.30. The molecule has 2 aliphatic heterocycles. The molecular weight excluding hydrogens is 348 g/mol. The van der Waals surface area contributed by atoms with E-state index in [9.17, 15) is 17.2 Å². The third-order valence-electron chi connectivity index (χ3n) is 5.07. The molecule has 0 bridgehead atoms. The summed E-state index contributed by atoms with van der Waals surface area (Å²) in [5.41, 5.74) is 0.633. The Morgan fingerprint density at radius 3 is 2.68 bits per heavy atom. The van der Waals surface area contributed by atoms with Gasteiger partial charge in [0, 0.05) is 44.5 Å². The molecule has 0 unspecified atom stereocenters. The second kappa shape index (κ2) is 7.55. The smallest absolute Gasteiger partial charge is 0.279 e. The van der Waals surface area contributed by atoms with Crippen LogP contribution in [0.1, 0.15) is 26.2 Å². The van der Waals surface area contributed by atoms with Crippen molar-refractivity contribution in [3.05, 3.63) is 29.8 Å². The van der Waals surface area contributed by atoms with Crippen molar-refractivity contribution in [2.75, 3.05) is 37.6 Å². The van der Waals surface area contributed by atoms with Gasteiger partial charge in [-0.15, -0.1) is 0 Å². The Bertz CT molecular complexity index is 714. The van der Waals surface area contributed by atoms with Gasteiger partial charge in [0.25, 0.3) is 10.2 Å². The average molecular weight is 373 g/mol. The van der Waals surface area contributed by atoms with Crippen molar-refractivity contribution >= 4 is 15.9 Å². The summed E-state index contributed by atoms with van der Waals surface area (Å²) in [6, 6.07) is 3.87. The number of piperidine rings is 1. The number of rotatable bonds is 5. The molecule has 2 saturated heterocycles. The van der Waals surface area contributed by atoms with Crippen LogP contribution >= 0.6 is 0 Å². The number of hydrogen-bond acceptors (Lipinski definition) is 3. The molecular formula is C17H25F2N3O2S. The molecule has 0 amide bonds. The highest BCUT2D eigenvalue weighted by Crippen LogP contribution is 2.25. The molecule has 0 aliphatic carbocycles. The molecule has 2 aliphatic rings. The van der Waals surface area contributed by atoms with E-state index in [-0.39, 0.29) is 5.92 Å². The maximum absolute atomic E-state index is 13.4. The van der Waals surface area contributed by atoms with Gasteiger partial charge in [0.15, 0.2) is 11.6 Å². The molecule has 3 rings (SSSR count). The maximum atomic E-state index is 13.4. The average Bonchev–Trinajstić information content (AvgIpc) is 3.05. The van der Waals surface area contributed by atoms with Crippen molar-refractivity contribution in [1.82, 2.24) is 9.03 Å². The molecule has 0 aromatic heterocycles. The molecule has 1 aromatic rings. The van der Waals surface area contributed by atoms with Gasteiger partial charge in [-0.1, -0.05) is 6.92 Å². The number of nitrogens with one attached hydrogen (secondary N) is 1. The van der Waals surface area contributed by atoms with Crippen LogP contribution in [0.3, 0.4) is 0 Å². The van der Waals surface area contributed by atoms with Crippen molar-refractivity contribution in [2.24, 2.45) is 11.8 Å². The summed E-state index contributed by atoms with van der Waals surface area (Å²) in [5.74, 6) is -1.17. The first-order chi connectivity index (χ1) is 11.8. The van der Waals surface area contributed by atoms with Crippen molar-refractivity contribution in [3.8, 4) is 0 Å². The van der Waals surface area contributed by atoms with Gasteiger partial charge in [0.05, 0.1) is 0 Å². The molecule has 5 nitrogen and oxygen atoms in total. The van der Waals surface area contributed by atoms with Gasteiger partial charge in [-0.25, -0.2) is 13.5 Å². The maximum Gasteiger partial charge on any atom is 0.279 e. The number of halogens is 2. The van der Waals surface area contributed by atoms with Crippen LogP contribution in [0.5, 0.6) is 0 Å². The molecule has 2 atom stereocenters. The second-order valence-corrected chi connectivity index (χ2v) is 8.91. The summed E-state index contributed by atoms with van der Waals surface area (Å²) < 4.78 is 55.5. The zero-order valence-corrected chi connectivity index (χ0v) is 15.2. The number of anilines is 1. The minimum Gasteiger partial charge on any atom is -0.371 e. The Balaban J connectivity index is 1.53. The highest BCUT2D eigenvalue weighted by Gasteiger charge is 2.29. The number of nitrogens with zero attached hydrogens (tertiary/aromatic N) is 2. The van der Waals surface area contributed by atoms with Crippen molar-refractivity contribution < 1.29 is 17.2 Å². The summed E-state index contributed by atoms with van der Waals surface area (Å²) in [5, 5.41) is 0. The van der Waals surface area contributed by atoms with Gasteiger partial charge in [0.2, 0.25) is 0 Å². The molecule has 140 valence electrons. The van der Waals surface area contributed by atoms with Crippen LogP contribution in [0.2, 0.25) is 0 Å².